The van der Waals surface area contributed by atoms with Crippen LogP contribution >= 0.6 is 61.7 Å². The number of rotatable bonds is 2. The van der Waals surface area contributed by atoms with E-state index >= 15 is 0 Å². The monoisotopic (exact) mass is 494 g/mol. The van der Waals surface area contributed by atoms with E-state index in [9.17, 15) is 0 Å². The molecule has 0 saturated carbocycles. The molecule has 0 aliphatic carbocycles. The van der Waals surface area contributed by atoms with E-state index in [4.69, 9.17) is 23.2 Å². The Bertz CT molecular complexity index is 845. The van der Waals surface area contributed by atoms with Crippen molar-refractivity contribution in [3.05, 3.63) is 54.8 Å². The van der Waals surface area contributed by atoms with Crippen molar-refractivity contribution in [3.63, 3.8) is 0 Å². The number of benzene rings is 2. The lowest BCUT2D eigenvalue weighted by Crippen LogP contribution is -2.01. The molecule has 0 unspecified atom stereocenters. The van der Waals surface area contributed by atoms with E-state index in [1.807, 2.05) is 29.7 Å². The van der Waals surface area contributed by atoms with Gasteiger partial charge in [-0.2, -0.15) is 0 Å². The maximum Gasteiger partial charge on any atom is 0.129 e. The van der Waals surface area contributed by atoms with Gasteiger partial charge in [-0.15, -0.1) is 11.6 Å². The molecule has 0 spiro atoms. The average molecular weight is 496 g/mol. The Labute approximate surface area is 154 Å². The van der Waals surface area contributed by atoms with Crippen LogP contribution in [0.15, 0.2) is 34.8 Å². The van der Waals surface area contributed by atoms with E-state index in [0.29, 0.717) is 5.88 Å². The minimum atomic E-state index is 0.337. The minimum absolute atomic E-state index is 0.337. The van der Waals surface area contributed by atoms with Crippen LogP contribution in [0.2, 0.25) is 5.02 Å². The zero-order chi connectivity index (χ0) is 15.1. The van der Waals surface area contributed by atoms with Gasteiger partial charge in [-0.1, -0.05) is 11.6 Å². The van der Waals surface area contributed by atoms with Crippen molar-refractivity contribution >= 4 is 72.8 Å². The summed E-state index contributed by atoms with van der Waals surface area (Å²) >= 11 is 18.3. The largest absolute Gasteiger partial charge is 0.294 e. The van der Waals surface area contributed by atoms with E-state index in [2.05, 4.69) is 55.6 Å². The summed E-state index contributed by atoms with van der Waals surface area (Å²) in [5.74, 6) is 1.14. The molecule has 2 nitrogen and oxygen atoms in total. The quantitative estimate of drug-likeness (QED) is 0.310. The van der Waals surface area contributed by atoms with Crippen LogP contribution in [0.1, 0.15) is 11.4 Å². The van der Waals surface area contributed by atoms with E-state index in [1.54, 1.807) is 0 Å². The first-order chi connectivity index (χ1) is 10.0. The van der Waals surface area contributed by atoms with E-state index in [-0.39, 0.29) is 0 Å². The Morgan fingerprint density at radius 3 is 2.76 bits per heavy atom. The number of aromatic nitrogens is 2. The Kier molecular flexibility index (Phi) is 4.50. The summed E-state index contributed by atoms with van der Waals surface area (Å²) in [6.07, 6.45) is 0. The maximum absolute atomic E-state index is 6.29. The molecular weight excluding hydrogens is 486 g/mol. The highest BCUT2D eigenvalue weighted by Crippen LogP contribution is 2.32. The number of alkyl halides is 1. The summed E-state index contributed by atoms with van der Waals surface area (Å²) in [6.45, 7) is 1.98. The lowest BCUT2D eigenvalue weighted by Gasteiger charge is -2.12. The molecule has 3 rings (SSSR count). The van der Waals surface area contributed by atoms with Crippen molar-refractivity contribution in [1.29, 1.82) is 0 Å². The summed E-state index contributed by atoms with van der Waals surface area (Å²) in [5.41, 5.74) is 3.93. The number of imidazole rings is 1. The molecule has 6 heteroatoms. The highest BCUT2D eigenvalue weighted by molar-refractivity contribution is 14.1. The standard InChI is InChI=1S/C15H10BrCl2IN2/c1-8-4-10(16)14(6-11(8)18)21-13-3-2-9(19)5-12(13)20-15(21)7-17/h2-6H,7H2,1H3. The van der Waals surface area contributed by atoms with Crippen LogP contribution in [0.4, 0.5) is 0 Å². The second-order valence-electron chi connectivity index (χ2n) is 4.68. The molecule has 0 amide bonds. The summed E-state index contributed by atoms with van der Waals surface area (Å²) < 4.78 is 4.16. The fourth-order valence-electron chi connectivity index (χ4n) is 2.27. The highest BCUT2D eigenvalue weighted by Gasteiger charge is 2.15. The summed E-state index contributed by atoms with van der Waals surface area (Å²) in [6, 6.07) is 10.1. The first-order valence-electron chi connectivity index (χ1n) is 6.20. The van der Waals surface area contributed by atoms with Crippen molar-refractivity contribution < 1.29 is 0 Å². The summed E-state index contributed by atoms with van der Waals surface area (Å²) in [7, 11) is 0. The number of nitrogens with zero attached hydrogens (tertiary/aromatic N) is 2. The molecule has 0 bridgehead atoms. The third-order valence-electron chi connectivity index (χ3n) is 3.27. The Hall–Kier alpha value is -0.300. The number of hydrogen-bond donors (Lipinski definition) is 0. The Morgan fingerprint density at radius 2 is 2.05 bits per heavy atom. The summed E-state index contributed by atoms with van der Waals surface area (Å²) in [5, 5.41) is 0.723. The van der Waals surface area contributed by atoms with Gasteiger partial charge in [0.2, 0.25) is 0 Å². The zero-order valence-electron chi connectivity index (χ0n) is 11.0. The van der Waals surface area contributed by atoms with Gasteiger partial charge < -0.3 is 0 Å². The number of fused-ring (bicyclic) bond motifs is 1. The van der Waals surface area contributed by atoms with Gasteiger partial charge in [-0.25, -0.2) is 4.98 Å². The Morgan fingerprint density at radius 1 is 1.29 bits per heavy atom. The van der Waals surface area contributed by atoms with Crippen LogP contribution in [0.25, 0.3) is 16.7 Å². The van der Waals surface area contributed by atoms with Gasteiger partial charge in [0.25, 0.3) is 0 Å². The lowest BCUT2D eigenvalue weighted by atomic mass is 10.2. The third-order valence-corrected chi connectivity index (χ3v) is 5.23. The van der Waals surface area contributed by atoms with E-state index in [0.717, 1.165) is 41.2 Å². The third kappa shape index (κ3) is 2.83. The molecule has 0 N–H and O–H groups in total. The first-order valence-corrected chi connectivity index (χ1v) is 8.98. The van der Waals surface area contributed by atoms with Crippen molar-refractivity contribution in [2.45, 2.75) is 12.8 Å². The lowest BCUT2D eigenvalue weighted by molar-refractivity contribution is 0.976. The molecule has 1 aromatic heterocycles. The highest BCUT2D eigenvalue weighted by atomic mass is 127. The number of aryl methyl sites for hydroxylation is 1. The van der Waals surface area contributed by atoms with E-state index < -0.39 is 0 Å². The molecule has 0 atom stereocenters. The average Bonchev–Trinajstić information content (AvgIpc) is 2.80. The molecule has 3 aromatic rings. The van der Waals surface area contributed by atoms with Crippen LogP contribution in [-0.2, 0) is 5.88 Å². The van der Waals surface area contributed by atoms with Crippen LogP contribution in [0, 0.1) is 10.5 Å². The SMILES string of the molecule is Cc1cc(Br)c(-n2c(CCl)nc3cc(I)ccc32)cc1Cl. The topological polar surface area (TPSA) is 17.8 Å². The second kappa shape index (κ2) is 6.07. The van der Waals surface area contributed by atoms with Crippen LogP contribution < -0.4 is 0 Å². The molecule has 0 aliphatic heterocycles. The maximum atomic E-state index is 6.29. The van der Waals surface area contributed by atoms with Crippen LogP contribution in [0.3, 0.4) is 0 Å². The predicted octanol–water partition coefficient (Wildman–Crippen LogP) is 6.09. The number of halogens is 4. The molecule has 108 valence electrons. The molecule has 1 heterocycles. The molecule has 0 aliphatic rings. The molecule has 21 heavy (non-hydrogen) atoms. The first kappa shape index (κ1) is 15.6. The van der Waals surface area contributed by atoms with Gasteiger partial charge in [0.1, 0.15) is 5.82 Å². The van der Waals surface area contributed by atoms with Crippen LogP contribution in [0.5, 0.6) is 0 Å². The summed E-state index contributed by atoms with van der Waals surface area (Å²) in [4.78, 5) is 4.62. The van der Waals surface area contributed by atoms with Gasteiger partial charge in [0.15, 0.2) is 0 Å². The van der Waals surface area contributed by atoms with Crippen LogP contribution in [-0.4, -0.2) is 9.55 Å². The van der Waals surface area contributed by atoms with Gasteiger partial charge in [-0.05, 0) is 81.3 Å². The second-order valence-corrected chi connectivity index (χ2v) is 7.46. The fourth-order valence-corrected chi connectivity index (χ4v) is 3.72. The molecule has 2 aromatic carbocycles. The van der Waals surface area contributed by atoms with Gasteiger partial charge in [0, 0.05) is 13.1 Å². The number of hydrogen-bond acceptors (Lipinski definition) is 1. The smallest absolute Gasteiger partial charge is 0.129 e. The van der Waals surface area contributed by atoms with Crippen molar-refractivity contribution in [3.8, 4) is 5.69 Å². The zero-order valence-corrected chi connectivity index (χ0v) is 16.3. The van der Waals surface area contributed by atoms with E-state index in [1.165, 1.54) is 0 Å². The molecular formula is C15H10BrCl2IN2. The molecule has 0 radical (unpaired) electrons. The fraction of sp³-hybridized carbons (Fsp3) is 0.133. The van der Waals surface area contributed by atoms with Gasteiger partial charge in [-0.3, -0.25) is 4.57 Å². The predicted molar refractivity (Wildman–Crippen MR) is 101 cm³/mol. The van der Waals surface area contributed by atoms with Crippen molar-refractivity contribution in [1.82, 2.24) is 9.55 Å². The van der Waals surface area contributed by atoms with Crippen molar-refractivity contribution in [2.24, 2.45) is 0 Å². The van der Waals surface area contributed by atoms with Gasteiger partial charge >= 0.3 is 0 Å². The molecule has 0 fully saturated rings. The Balaban J connectivity index is 2.36. The van der Waals surface area contributed by atoms with Crippen molar-refractivity contribution in [2.75, 3.05) is 0 Å². The minimum Gasteiger partial charge on any atom is -0.294 e. The van der Waals surface area contributed by atoms with Gasteiger partial charge in [0.05, 0.1) is 22.6 Å². The molecule has 0 saturated heterocycles. The normalized spacial score (nSPS) is 11.3.